The van der Waals surface area contributed by atoms with Crippen LogP contribution in [0.3, 0.4) is 0 Å². The highest BCUT2D eigenvalue weighted by Gasteiger charge is 2.01. The molecule has 0 atom stereocenters. The van der Waals surface area contributed by atoms with Crippen LogP contribution in [0.25, 0.3) is 10.9 Å². The second-order valence-corrected chi connectivity index (χ2v) is 3.50. The minimum absolute atomic E-state index is 0.605. The molecular weight excluding hydrogens is 214 g/mol. The highest BCUT2D eigenvalue weighted by Crippen LogP contribution is 2.14. The molecule has 1 N–H and O–H groups in total. The molecule has 2 aromatic rings. The Balaban J connectivity index is 0.000000686. The maximum Gasteiger partial charge on any atom is 0.207 e. The summed E-state index contributed by atoms with van der Waals surface area (Å²) >= 11 is 0. The van der Waals surface area contributed by atoms with Crippen molar-refractivity contribution in [3.05, 3.63) is 30.0 Å². The van der Waals surface area contributed by atoms with E-state index in [0.29, 0.717) is 19.5 Å². The van der Waals surface area contributed by atoms with Gasteiger partial charge in [0.25, 0.3) is 0 Å². The zero-order valence-corrected chi connectivity index (χ0v) is 10.6. The van der Waals surface area contributed by atoms with E-state index in [9.17, 15) is 4.79 Å². The average Bonchev–Trinajstić information content (AvgIpc) is 2.75. The molecule has 0 aliphatic carbocycles. The Morgan fingerprint density at radius 1 is 1.41 bits per heavy atom. The Kier molecular flexibility index (Phi) is 5.20. The van der Waals surface area contributed by atoms with Crippen molar-refractivity contribution in [2.75, 3.05) is 6.54 Å². The van der Waals surface area contributed by atoms with Crippen molar-refractivity contribution in [3.63, 3.8) is 0 Å². The molecule has 4 nitrogen and oxygen atoms in total. The van der Waals surface area contributed by atoms with Crippen LogP contribution < -0.4 is 5.32 Å². The van der Waals surface area contributed by atoms with E-state index in [1.54, 1.807) is 0 Å². The number of carbonyl (C=O) groups excluding carboxylic acids is 1. The summed E-state index contributed by atoms with van der Waals surface area (Å²) in [6.45, 7) is 7.37. The van der Waals surface area contributed by atoms with E-state index in [0.717, 1.165) is 10.9 Å². The second-order valence-electron chi connectivity index (χ2n) is 3.50. The number of fused-ring (bicyclic) bond motifs is 1. The van der Waals surface area contributed by atoms with Crippen LogP contribution >= 0.6 is 0 Å². The van der Waals surface area contributed by atoms with Crippen molar-refractivity contribution < 1.29 is 4.79 Å². The van der Waals surface area contributed by atoms with Gasteiger partial charge in [-0.05, 0) is 19.1 Å². The van der Waals surface area contributed by atoms with Crippen LogP contribution in [-0.2, 0) is 11.3 Å². The number of aromatic nitrogens is 2. The third kappa shape index (κ3) is 3.31. The first-order chi connectivity index (χ1) is 8.31. The Morgan fingerprint density at radius 2 is 2.18 bits per heavy atom. The monoisotopic (exact) mass is 233 g/mol. The summed E-state index contributed by atoms with van der Waals surface area (Å²) in [6.07, 6.45) is 2.55. The van der Waals surface area contributed by atoms with E-state index >= 15 is 0 Å². The predicted octanol–water partition coefficient (Wildman–Crippen LogP) is 2.12. The van der Waals surface area contributed by atoms with Crippen LogP contribution in [0.15, 0.2) is 24.4 Å². The normalized spacial score (nSPS) is 9.59. The molecule has 17 heavy (non-hydrogen) atoms. The average molecular weight is 233 g/mol. The third-order valence-electron chi connectivity index (χ3n) is 2.35. The molecule has 0 unspecified atom stereocenters. The van der Waals surface area contributed by atoms with Gasteiger partial charge in [0.1, 0.15) is 0 Å². The minimum atomic E-state index is 0.605. The predicted molar refractivity (Wildman–Crippen MR) is 69.9 cm³/mol. The van der Waals surface area contributed by atoms with Gasteiger partial charge in [-0.25, -0.2) is 0 Å². The number of carbonyl (C=O) groups is 1. The van der Waals surface area contributed by atoms with Gasteiger partial charge in [-0.1, -0.05) is 25.5 Å². The number of benzene rings is 1. The van der Waals surface area contributed by atoms with Crippen molar-refractivity contribution >= 4 is 17.3 Å². The van der Waals surface area contributed by atoms with Gasteiger partial charge in [-0.2, -0.15) is 5.10 Å². The molecule has 0 saturated heterocycles. The highest BCUT2D eigenvalue weighted by molar-refractivity contribution is 5.79. The molecule has 0 spiro atoms. The van der Waals surface area contributed by atoms with Gasteiger partial charge < -0.3 is 5.32 Å². The van der Waals surface area contributed by atoms with E-state index in [1.807, 2.05) is 24.7 Å². The number of rotatable bonds is 4. The fourth-order valence-electron chi connectivity index (χ4n) is 1.61. The lowest BCUT2D eigenvalue weighted by Gasteiger charge is -2.02. The molecule has 1 aromatic carbocycles. The van der Waals surface area contributed by atoms with E-state index in [1.165, 1.54) is 5.56 Å². The van der Waals surface area contributed by atoms with Crippen LogP contribution in [0.2, 0.25) is 0 Å². The van der Waals surface area contributed by atoms with Gasteiger partial charge in [0, 0.05) is 11.9 Å². The fourth-order valence-corrected chi connectivity index (χ4v) is 1.61. The van der Waals surface area contributed by atoms with Gasteiger partial charge in [-0.3, -0.25) is 9.48 Å². The molecule has 2 rings (SSSR count). The number of nitrogens with one attached hydrogen (secondary N) is 1. The molecule has 1 amide bonds. The molecule has 0 saturated carbocycles. The summed E-state index contributed by atoms with van der Waals surface area (Å²) in [5.74, 6) is 0. The molecular formula is C13H19N3O. The van der Waals surface area contributed by atoms with Crippen LogP contribution in [0.4, 0.5) is 0 Å². The van der Waals surface area contributed by atoms with E-state index in [2.05, 4.69) is 35.5 Å². The molecule has 1 heterocycles. The number of hydrogen-bond acceptors (Lipinski definition) is 2. The summed E-state index contributed by atoms with van der Waals surface area (Å²) in [5, 5.41) is 8.03. The summed E-state index contributed by atoms with van der Waals surface area (Å²) in [4.78, 5) is 10.1. The molecule has 0 aliphatic rings. The van der Waals surface area contributed by atoms with Gasteiger partial charge in [-0.15, -0.1) is 0 Å². The van der Waals surface area contributed by atoms with Crippen molar-refractivity contribution in [2.24, 2.45) is 0 Å². The first-order valence-corrected chi connectivity index (χ1v) is 5.90. The van der Waals surface area contributed by atoms with Crippen LogP contribution in [0.1, 0.15) is 19.4 Å². The summed E-state index contributed by atoms with van der Waals surface area (Å²) in [5.41, 5.74) is 2.33. The van der Waals surface area contributed by atoms with Gasteiger partial charge in [0.05, 0.1) is 18.3 Å². The summed E-state index contributed by atoms with van der Waals surface area (Å²) < 4.78 is 1.89. The zero-order chi connectivity index (χ0) is 12.7. The van der Waals surface area contributed by atoms with E-state index in [4.69, 9.17) is 0 Å². The Bertz CT molecular complexity index is 476. The fraction of sp³-hybridized carbons (Fsp3) is 0.385. The van der Waals surface area contributed by atoms with Crippen LogP contribution in [-0.4, -0.2) is 22.7 Å². The van der Waals surface area contributed by atoms with E-state index in [-0.39, 0.29) is 0 Å². The maximum atomic E-state index is 10.1. The van der Waals surface area contributed by atoms with Crippen molar-refractivity contribution in [1.29, 1.82) is 0 Å². The van der Waals surface area contributed by atoms with Crippen molar-refractivity contribution in [3.8, 4) is 0 Å². The lowest BCUT2D eigenvalue weighted by atomic mass is 10.2. The number of amides is 1. The smallest absolute Gasteiger partial charge is 0.207 e. The molecule has 4 heteroatoms. The van der Waals surface area contributed by atoms with Crippen LogP contribution in [0, 0.1) is 6.92 Å². The maximum absolute atomic E-state index is 10.1. The van der Waals surface area contributed by atoms with Gasteiger partial charge in [0.15, 0.2) is 0 Å². The number of hydrogen-bond donors (Lipinski definition) is 1. The van der Waals surface area contributed by atoms with Gasteiger partial charge >= 0.3 is 0 Å². The number of nitrogens with zero attached hydrogens (tertiary/aromatic N) is 2. The SMILES string of the molecule is CC.Cc1ccc2c(cnn2CCNC=O)c1. The molecule has 1 aromatic heterocycles. The van der Waals surface area contributed by atoms with E-state index < -0.39 is 0 Å². The standard InChI is InChI=1S/C11H13N3O.C2H6/c1-9-2-3-11-10(6-9)7-13-14(11)5-4-12-8-15;1-2/h2-3,6-8H,4-5H2,1H3,(H,12,15);1-2H3. The van der Waals surface area contributed by atoms with Gasteiger partial charge in [0.2, 0.25) is 6.41 Å². The third-order valence-corrected chi connectivity index (χ3v) is 2.35. The molecule has 0 bridgehead atoms. The number of aryl methyl sites for hydroxylation is 1. The molecule has 92 valence electrons. The van der Waals surface area contributed by atoms with Crippen LogP contribution in [0.5, 0.6) is 0 Å². The molecule has 0 aliphatic heterocycles. The lowest BCUT2D eigenvalue weighted by molar-refractivity contribution is -0.109. The largest absolute Gasteiger partial charge is 0.357 e. The Morgan fingerprint density at radius 3 is 2.88 bits per heavy atom. The zero-order valence-electron chi connectivity index (χ0n) is 10.6. The first kappa shape index (κ1) is 13.2. The quantitative estimate of drug-likeness (QED) is 0.649. The topological polar surface area (TPSA) is 46.9 Å². The summed E-state index contributed by atoms with van der Waals surface area (Å²) in [7, 11) is 0. The lowest BCUT2D eigenvalue weighted by Crippen LogP contribution is -2.18. The molecule has 0 fully saturated rings. The Labute approximate surface area is 102 Å². The minimum Gasteiger partial charge on any atom is -0.357 e. The molecule has 0 radical (unpaired) electrons. The second kappa shape index (κ2) is 6.68. The first-order valence-electron chi connectivity index (χ1n) is 5.90. The van der Waals surface area contributed by atoms with Crippen molar-refractivity contribution in [2.45, 2.75) is 27.3 Å². The van der Waals surface area contributed by atoms with Crippen molar-refractivity contribution in [1.82, 2.24) is 15.1 Å². The summed E-state index contributed by atoms with van der Waals surface area (Å²) in [6, 6.07) is 6.22. The Hall–Kier alpha value is -1.84. The highest BCUT2D eigenvalue weighted by atomic mass is 16.1.